The van der Waals surface area contributed by atoms with Crippen LogP contribution in [-0.4, -0.2) is 42.8 Å². The van der Waals surface area contributed by atoms with Crippen LogP contribution in [0.15, 0.2) is 0 Å². The molecule has 1 aliphatic heterocycles. The highest BCUT2D eigenvalue weighted by Crippen LogP contribution is 2.25. The van der Waals surface area contributed by atoms with Gasteiger partial charge in [0.2, 0.25) is 0 Å². The fraction of sp³-hybridized carbons (Fsp3) is 0.923. The van der Waals surface area contributed by atoms with Crippen LogP contribution >= 0.6 is 0 Å². The van der Waals surface area contributed by atoms with Crippen molar-refractivity contribution in [2.24, 2.45) is 11.8 Å². The molecule has 0 aromatic carbocycles. The Morgan fingerprint density at radius 1 is 1.47 bits per heavy atom. The first kappa shape index (κ1) is 14.3. The van der Waals surface area contributed by atoms with Gasteiger partial charge in [-0.05, 0) is 45.7 Å². The van der Waals surface area contributed by atoms with Gasteiger partial charge in [0.1, 0.15) is 5.60 Å². The molecule has 0 saturated carbocycles. The third-order valence-electron chi connectivity index (χ3n) is 3.08. The molecule has 1 amide bonds. The van der Waals surface area contributed by atoms with E-state index in [1.807, 2.05) is 20.8 Å². The molecule has 17 heavy (non-hydrogen) atoms. The summed E-state index contributed by atoms with van der Waals surface area (Å²) in [5.74, 6) is 1.23. The van der Waals surface area contributed by atoms with E-state index in [0.29, 0.717) is 11.8 Å². The van der Waals surface area contributed by atoms with Gasteiger partial charge >= 0.3 is 6.09 Å². The van der Waals surface area contributed by atoms with Gasteiger partial charge in [0.25, 0.3) is 0 Å². The molecule has 1 fully saturated rings. The third kappa shape index (κ3) is 4.54. The van der Waals surface area contributed by atoms with Crippen molar-refractivity contribution in [2.75, 3.05) is 26.2 Å². The molecule has 0 aliphatic carbocycles. The van der Waals surface area contributed by atoms with Crippen LogP contribution in [0.5, 0.6) is 0 Å². The summed E-state index contributed by atoms with van der Waals surface area (Å²) >= 11 is 0. The number of nitrogens with zero attached hydrogens (tertiary/aromatic N) is 1. The van der Waals surface area contributed by atoms with E-state index in [9.17, 15) is 4.79 Å². The molecule has 100 valence electrons. The van der Waals surface area contributed by atoms with E-state index in [1.165, 1.54) is 0 Å². The zero-order chi connectivity index (χ0) is 13.1. The van der Waals surface area contributed by atoms with Crippen molar-refractivity contribution in [2.45, 2.75) is 40.2 Å². The number of ether oxygens (including phenoxy) is 1. The van der Waals surface area contributed by atoms with Crippen LogP contribution in [0, 0.1) is 11.8 Å². The maximum absolute atomic E-state index is 11.7. The number of carbonyl (C=O) groups is 1. The number of amides is 1. The molecule has 1 saturated heterocycles. The topological polar surface area (TPSA) is 41.6 Å². The van der Waals surface area contributed by atoms with Crippen LogP contribution < -0.4 is 5.32 Å². The van der Waals surface area contributed by atoms with Gasteiger partial charge in [-0.3, -0.25) is 0 Å². The van der Waals surface area contributed by atoms with Gasteiger partial charge < -0.3 is 15.0 Å². The fourth-order valence-electron chi connectivity index (χ4n) is 1.89. The Labute approximate surface area is 105 Å². The fourth-order valence-corrected chi connectivity index (χ4v) is 1.89. The third-order valence-corrected chi connectivity index (χ3v) is 3.08. The highest BCUT2D eigenvalue weighted by molar-refractivity contribution is 5.69. The second-order valence-corrected chi connectivity index (χ2v) is 5.93. The first-order valence-corrected chi connectivity index (χ1v) is 6.52. The SMILES string of the molecule is CCNCC(C)C1CN(C(=O)OC(C)(C)C)C1. The lowest BCUT2D eigenvalue weighted by Crippen LogP contribution is -2.54. The number of hydrogen-bond acceptors (Lipinski definition) is 3. The summed E-state index contributed by atoms with van der Waals surface area (Å²) in [7, 11) is 0. The number of likely N-dealkylation sites (tertiary alicyclic amines) is 1. The van der Waals surface area contributed by atoms with Crippen LogP contribution in [0.3, 0.4) is 0 Å². The second kappa shape index (κ2) is 5.71. The Kier molecular flexibility index (Phi) is 4.80. The largest absolute Gasteiger partial charge is 0.444 e. The van der Waals surface area contributed by atoms with E-state index in [0.717, 1.165) is 26.2 Å². The van der Waals surface area contributed by atoms with E-state index < -0.39 is 5.60 Å². The predicted octanol–water partition coefficient (Wildman–Crippen LogP) is 2.10. The van der Waals surface area contributed by atoms with E-state index in [1.54, 1.807) is 4.90 Å². The number of rotatable bonds is 4. The van der Waals surface area contributed by atoms with Crippen molar-refractivity contribution in [3.63, 3.8) is 0 Å². The molecule has 1 rings (SSSR count). The van der Waals surface area contributed by atoms with Gasteiger partial charge in [-0.2, -0.15) is 0 Å². The monoisotopic (exact) mass is 242 g/mol. The van der Waals surface area contributed by atoms with Crippen molar-refractivity contribution in [1.82, 2.24) is 10.2 Å². The Bertz CT molecular complexity index is 255. The zero-order valence-corrected chi connectivity index (χ0v) is 11.7. The molecule has 1 N–H and O–H groups in total. The molecular weight excluding hydrogens is 216 g/mol. The summed E-state index contributed by atoms with van der Waals surface area (Å²) in [6.45, 7) is 13.8. The molecule has 0 spiro atoms. The molecular formula is C13H26N2O2. The molecule has 4 nitrogen and oxygen atoms in total. The molecule has 4 heteroatoms. The smallest absolute Gasteiger partial charge is 0.410 e. The molecule has 0 aromatic heterocycles. The maximum Gasteiger partial charge on any atom is 0.410 e. The average Bonchev–Trinajstić information content (AvgIpc) is 2.09. The Balaban J connectivity index is 2.24. The Morgan fingerprint density at radius 3 is 2.53 bits per heavy atom. The highest BCUT2D eigenvalue weighted by Gasteiger charge is 2.36. The summed E-state index contributed by atoms with van der Waals surface area (Å²) in [6.07, 6.45) is -0.176. The van der Waals surface area contributed by atoms with Gasteiger partial charge in [-0.15, -0.1) is 0 Å². The minimum atomic E-state index is -0.391. The lowest BCUT2D eigenvalue weighted by Gasteiger charge is -2.42. The van der Waals surface area contributed by atoms with Crippen LogP contribution in [0.25, 0.3) is 0 Å². The molecule has 0 radical (unpaired) electrons. The predicted molar refractivity (Wildman–Crippen MR) is 69.0 cm³/mol. The van der Waals surface area contributed by atoms with Crippen molar-refractivity contribution in [3.8, 4) is 0 Å². The Hall–Kier alpha value is -0.770. The van der Waals surface area contributed by atoms with E-state index >= 15 is 0 Å². The summed E-state index contributed by atoms with van der Waals surface area (Å²) in [5, 5.41) is 3.34. The standard InChI is InChI=1S/C13H26N2O2/c1-6-14-7-10(2)11-8-15(9-11)12(16)17-13(3,4)5/h10-11,14H,6-9H2,1-5H3. The minimum absolute atomic E-state index is 0.176. The quantitative estimate of drug-likeness (QED) is 0.821. The lowest BCUT2D eigenvalue weighted by atomic mass is 9.87. The van der Waals surface area contributed by atoms with E-state index in [-0.39, 0.29) is 6.09 Å². The average molecular weight is 242 g/mol. The van der Waals surface area contributed by atoms with Crippen molar-refractivity contribution in [3.05, 3.63) is 0 Å². The zero-order valence-electron chi connectivity index (χ0n) is 11.7. The van der Waals surface area contributed by atoms with Crippen LogP contribution in [-0.2, 0) is 4.74 Å². The molecule has 1 aliphatic rings. The second-order valence-electron chi connectivity index (χ2n) is 5.93. The maximum atomic E-state index is 11.7. The highest BCUT2D eigenvalue weighted by atomic mass is 16.6. The molecule has 1 unspecified atom stereocenters. The van der Waals surface area contributed by atoms with Gasteiger partial charge in [-0.25, -0.2) is 4.79 Å². The van der Waals surface area contributed by atoms with Gasteiger partial charge in [0.15, 0.2) is 0 Å². The van der Waals surface area contributed by atoms with Gasteiger partial charge in [-0.1, -0.05) is 13.8 Å². The molecule has 1 heterocycles. The van der Waals surface area contributed by atoms with E-state index in [4.69, 9.17) is 4.74 Å². The Morgan fingerprint density at radius 2 is 2.06 bits per heavy atom. The molecule has 1 atom stereocenters. The summed E-state index contributed by atoms with van der Waals surface area (Å²) in [4.78, 5) is 13.5. The summed E-state index contributed by atoms with van der Waals surface area (Å²) in [6, 6.07) is 0. The minimum Gasteiger partial charge on any atom is -0.444 e. The van der Waals surface area contributed by atoms with Crippen LogP contribution in [0.4, 0.5) is 4.79 Å². The number of nitrogens with one attached hydrogen (secondary N) is 1. The van der Waals surface area contributed by atoms with Crippen molar-refractivity contribution >= 4 is 6.09 Å². The van der Waals surface area contributed by atoms with Gasteiger partial charge in [0.05, 0.1) is 0 Å². The molecule has 0 bridgehead atoms. The van der Waals surface area contributed by atoms with E-state index in [2.05, 4.69) is 19.2 Å². The van der Waals surface area contributed by atoms with Crippen LogP contribution in [0.1, 0.15) is 34.6 Å². The normalized spacial score (nSPS) is 18.8. The summed E-state index contributed by atoms with van der Waals surface area (Å²) < 4.78 is 5.32. The summed E-state index contributed by atoms with van der Waals surface area (Å²) in [5.41, 5.74) is -0.391. The first-order chi connectivity index (χ1) is 7.83. The number of carbonyl (C=O) groups excluding carboxylic acids is 1. The lowest BCUT2D eigenvalue weighted by molar-refractivity contribution is -0.00923. The van der Waals surface area contributed by atoms with Crippen molar-refractivity contribution < 1.29 is 9.53 Å². The molecule has 0 aromatic rings. The van der Waals surface area contributed by atoms with Gasteiger partial charge in [0, 0.05) is 13.1 Å². The first-order valence-electron chi connectivity index (χ1n) is 6.52. The van der Waals surface area contributed by atoms with Crippen LogP contribution in [0.2, 0.25) is 0 Å². The number of hydrogen-bond donors (Lipinski definition) is 1. The van der Waals surface area contributed by atoms with Crippen molar-refractivity contribution in [1.29, 1.82) is 0 Å².